The molecule has 0 aliphatic rings. The van der Waals surface area contributed by atoms with Crippen LogP contribution < -0.4 is 0 Å². The molecule has 5 heteroatoms. The van der Waals surface area contributed by atoms with Crippen LogP contribution in [0.25, 0.3) is 0 Å². The lowest BCUT2D eigenvalue weighted by Crippen LogP contribution is -2.05. The van der Waals surface area contributed by atoms with Crippen molar-refractivity contribution in [2.45, 2.75) is 6.54 Å². The Kier molecular flexibility index (Phi) is 3.87. The van der Waals surface area contributed by atoms with Crippen LogP contribution in [0.3, 0.4) is 0 Å². The van der Waals surface area contributed by atoms with Gasteiger partial charge in [-0.2, -0.15) is 0 Å². The second kappa shape index (κ2) is 5.77. The molecule has 2 aromatic carbocycles. The summed E-state index contributed by atoms with van der Waals surface area (Å²) in [4.78, 5) is 10.0. The van der Waals surface area contributed by atoms with E-state index in [0.29, 0.717) is 5.56 Å². The minimum Gasteiger partial charge on any atom is -0.624 e. The molecule has 5 nitrogen and oxygen atoms in total. The topological polar surface area (TPSA) is 69.2 Å². The Balaban J connectivity index is 2.10. The third kappa shape index (κ3) is 3.64. The van der Waals surface area contributed by atoms with Gasteiger partial charge in [0.1, 0.15) is 0 Å². The normalized spacial score (nSPS) is 11.3. The lowest BCUT2D eigenvalue weighted by molar-refractivity contribution is -0.469. The summed E-state index contributed by atoms with van der Waals surface area (Å²) < 4.78 is 0.802. The molecule has 2 aromatic rings. The Morgan fingerprint density at radius 3 is 2.16 bits per heavy atom. The van der Waals surface area contributed by atoms with Gasteiger partial charge in [0.25, 0.3) is 5.69 Å². The molecule has 0 radical (unpaired) electrons. The van der Waals surface area contributed by atoms with E-state index in [0.717, 1.165) is 10.3 Å². The van der Waals surface area contributed by atoms with Gasteiger partial charge in [-0.25, -0.2) is 4.74 Å². The minimum atomic E-state index is -0.470. The molecule has 0 unspecified atom stereocenters. The van der Waals surface area contributed by atoms with Crippen LogP contribution >= 0.6 is 0 Å². The lowest BCUT2D eigenvalue weighted by Gasteiger charge is -2.03. The monoisotopic (exact) mass is 256 g/mol. The zero-order valence-electron chi connectivity index (χ0n) is 10.1. The van der Waals surface area contributed by atoms with Gasteiger partial charge in [-0.05, 0) is 12.1 Å². The molecule has 0 aliphatic carbocycles. The third-order valence-corrected chi connectivity index (χ3v) is 2.58. The molecule has 0 atom stereocenters. The fourth-order valence-corrected chi connectivity index (χ4v) is 1.66. The lowest BCUT2D eigenvalue weighted by atomic mass is 10.2. The second-order valence-corrected chi connectivity index (χ2v) is 4.04. The molecule has 96 valence electrons. The van der Waals surface area contributed by atoms with Crippen molar-refractivity contribution in [2.24, 2.45) is 0 Å². The van der Waals surface area contributed by atoms with E-state index in [-0.39, 0.29) is 12.2 Å². The summed E-state index contributed by atoms with van der Waals surface area (Å²) in [5.74, 6) is 0. The van der Waals surface area contributed by atoms with E-state index >= 15 is 0 Å². The molecular weight excluding hydrogens is 244 g/mol. The van der Waals surface area contributed by atoms with E-state index in [1.165, 1.54) is 18.3 Å². The van der Waals surface area contributed by atoms with Crippen LogP contribution in [0.2, 0.25) is 0 Å². The van der Waals surface area contributed by atoms with E-state index in [9.17, 15) is 15.3 Å². The molecule has 19 heavy (non-hydrogen) atoms. The van der Waals surface area contributed by atoms with Gasteiger partial charge >= 0.3 is 0 Å². The molecule has 0 N–H and O–H groups in total. The van der Waals surface area contributed by atoms with Gasteiger partial charge in [0.05, 0.1) is 4.92 Å². The number of nitrogens with zero attached hydrogens (tertiary/aromatic N) is 2. The maximum absolute atomic E-state index is 11.7. The highest BCUT2D eigenvalue weighted by Crippen LogP contribution is 2.10. The summed E-state index contributed by atoms with van der Waals surface area (Å²) >= 11 is 0. The number of rotatable bonds is 4. The van der Waals surface area contributed by atoms with Crippen LogP contribution in [0, 0.1) is 15.3 Å². The summed E-state index contributed by atoms with van der Waals surface area (Å²) in [6.07, 6.45) is 1.41. The van der Waals surface area contributed by atoms with Crippen molar-refractivity contribution in [2.75, 3.05) is 0 Å². The van der Waals surface area contributed by atoms with Crippen LogP contribution in [-0.4, -0.2) is 15.9 Å². The van der Waals surface area contributed by atoms with Gasteiger partial charge in [0, 0.05) is 23.3 Å². The summed E-state index contributed by atoms with van der Waals surface area (Å²) in [6.45, 7) is 0.248. The fourth-order valence-electron chi connectivity index (χ4n) is 1.66. The third-order valence-electron chi connectivity index (χ3n) is 2.58. The standard InChI is InChI=1S/C14H12N2O3/c17-15(10-12-4-2-1-3-5-12)11-13-6-8-14(9-7-13)16(18)19/h1-9,11H,10H2/b15-11-. The smallest absolute Gasteiger partial charge is 0.269 e. The van der Waals surface area contributed by atoms with E-state index in [1.54, 1.807) is 12.1 Å². The van der Waals surface area contributed by atoms with Crippen LogP contribution in [0.1, 0.15) is 11.1 Å². The maximum Gasteiger partial charge on any atom is 0.269 e. The Hall–Kier alpha value is -2.69. The predicted molar refractivity (Wildman–Crippen MR) is 72.0 cm³/mol. The van der Waals surface area contributed by atoms with E-state index < -0.39 is 4.92 Å². The zero-order chi connectivity index (χ0) is 13.7. The highest BCUT2D eigenvalue weighted by Gasteiger charge is 2.04. The average molecular weight is 256 g/mol. The van der Waals surface area contributed by atoms with Crippen molar-refractivity contribution in [3.8, 4) is 0 Å². The van der Waals surface area contributed by atoms with Crippen LogP contribution in [0.4, 0.5) is 5.69 Å². The van der Waals surface area contributed by atoms with Crippen LogP contribution in [0.15, 0.2) is 54.6 Å². The molecule has 0 saturated heterocycles. The molecule has 0 amide bonds. The second-order valence-electron chi connectivity index (χ2n) is 4.04. The van der Waals surface area contributed by atoms with E-state index in [1.807, 2.05) is 30.3 Å². The molecule has 0 fully saturated rings. The zero-order valence-corrected chi connectivity index (χ0v) is 10.1. The Bertz CT molecular complexity index is 592. The number of benzene rings is 2. The fraction of sp³-hybridized carbons (Fsp3) is 0.0714. The van der Waals surface area contributed by atoms with Crippen molar-refractivity contribution in [1.82, 2.24) is 0 Å². The molecule has 0 spiro atoms. The summed E-state index contributed by atoms with van der Waals surface area (Å²) in [7, 11) is 0. The molecule has 0 aromatic heterocycles. The Morgan fingerprint density at radius 1 is 0.947 bits per heavy atom. The summed E-state index contributed by atoms with van der Waals surface area (Å²) in [5.41, 5.74) is 1.56. The molecule has 0 heterocycles. The van der Waals surface area contributed by atoms with Crippen molar-refractivity contribution in [3.05, 3.63) is 81.0 Å². The largest absolute Gasteiger partial charge is 0.624 e. The first-order chi connectivity index (χ1) is 9.15. The van der Waals surface area contributed by atoms with Crippen LogP contribution in [-0.2, 0) is 6.54 Å². The number of hydroxylamine groups is 1. The summed E-state index contributed by atoms with van der Waals surface area (Å²) in [5, 5.41) is 22.2. The minimum absolute atomic E-state index is 0.0117. The number of nitro groups is 1. The van der Waals surface area contributed by atoms with Crippen molar-refractivity contribution in [3.63, 3.8) is 0 Å². The molecule has 0 saturated carbocycles. The van der Waals surface area contributed by atoms with Crippen LogP contribution in [0.5, 0.6) is 0 Å². The van der Waals surface area contributed by atoms with Gasteiger partial charge in [-0.15, -0.1) is 0 Å². The van der Waals surface area contributed by atoms with Crippen molar-refractivity contribution in [1.29, 1.82) is 0 Å². The highest BCUT2D eigenvalue weighted by atomic mass is 16.6. The number of nitro benzene ring substituents is 1. The number of hydrogen-bond acceptors (Lipinski definition) is 3. The SMILES string of the molecule is O=[N+]([O-])c1ccc(/C=[N+](\[O-])Cc2ccccc2)cc1. The molecule has 0 bridgehead atoms. The van der Waals surface area contributed by atoms with E-state index in [4.69, 9.17) is 0 Å². The van der Waals surface area contributed by atoms with Gasteiger partial charge < -0.3 is 5.21 Å². The number of non-ortho nitro benzene ring substituents is 1. The first-order valence-corrected chi connectivity index (χ1v) is 5.72. The number of hydrogen-bond donors (Lipinski definition) is 0. The van der Waals surface area contributed by atoms with E-state index in [2.05, 4.69) is 0 Å². The van der Waals surface area contributed by atoms with Crippen molar-refractivity contribution < 1.29 is 9.66 Å². The van der Waals surface area contributed by atoms with Gasteiger partial charge in [0.15, 0.2) is 12.8 Å². The molecular formula is C14H12N2O3. The Morgan fingerprint density at radius 2 is 1.58 bits per heavy atom. The highest BCUT2D eigenvalue weighted by molar-refractivity contribution is 5.76. The van der Waals surface area contributed by atoms with Gasteiger partial charge in [0.2, 0.25) is 0 Å². The van der Waals surface area contributed by atoms with Gasteiger partial charge in [-0.1, -0.05) is 30.3 Å². The van der Waals surface area contributed by atoms with Crippen molar-refractivity contribution >= 4 is 11.9 Å². The maximum atomic E-state index is 11.7. The predicted octanol–water partition coefficient (Wildman–Crippen LogP) is 2.72. The van der Waals surface area contributed by atoms with Gasteiger partial charge in [-0.3, -0.25) is 10.1 Å². The Labute approximate surface area is 110 Å². The summed E-state index contributed by atoms with van der Waals surface area (Å²) in [6, 6.07) is 15.2. The molecule has 2 rings (SSSR count). The average Bonchev–Trinajstić information content (AvgIpc) is 2.40. The quantitative estimate of drug-likeness (QED) is 0.277. The first-order valence-electron chi connectivity index (χ1n) is 5.72. The first kappa shape index (κ1) is 12.8. The molecule has 0 aliphatic heterocycles.